The maximum absolute atomic E-state index is 12.7. The van der Waals surface area contributed by atoms with Crippen molar-refractivity contribution in [3.63, 3.8) is 0 Å². The van der Waals surface area contributed by atoms with E-state index in [4.69, 9.17) is 11.6 Å². The van der Waals surface area contributed by atoms with Gasteiger partial charge >= 0.3 is 0 Å². The first-order valence-electron chi connectivity index (χ1n) is 6.35. The van der Waals surface area contributed by atoms with Crippen LogP contribution in [0.5, 0.6) is 0 Å². The fourth-order valence-corrected chi connectivity index (χ4v) is 4.31. The molecule has 20 heavy (non-hydrogen) atoms. The van der Waals surface area contributed by atoms with Crippen molar-refractivity contribution < 1.29 is 8.42 Å². The third kappa shape index (κ3) is 2.09. The molecule has 2 aromatic rings. The van der Waals surface area contributed by atoms with Gasteiger partial charge in [-0.15, -0.1) is 0 Å². The van der Waals surface area contributed by atoms with E-state index in [-0.39, 0.29) is 0 Å². The van der Waals surface area contributed by atoms with Gasteiger partial charge in [-0.3, -0.25) is 0 Å². The van der Waals surface area contributed by atoms with Gasteiger partial charge in [-0.05, 0) is 37.1 Å². The number of nitrogens with zero attached hydrogens (tertiary/aromatic N) is 1. The van der Waals surface area contributed by atoms with Crippen LogP contribution in [0, 0.1) is 6.92 Å². The van der Waals surface area contributed by atoms with E-state index in [2.05, 4.69) is 0 Å². The Labute approximate surface area is 123 Å². The zero-order valence-corrected chi connectivity index (χ0v) is 12.5. The molecule has 0 aliphatic heterocycles. The molecule has 0 saturated heterocycles. The molecular weight excluding hydrogens is 294 g/mol. The van der Waals surface area contributed by atoms with Crippen molar-refractivity contribution in [2.24, 2.45) is 0 Å². The van der Waals surface area contributed by atoms with Crippen molar-refractivity contribution in [1.29, 1.82) is 0 Å². The van der Waals surface area contributed by atoms with Gasteiger partial charge in [0.25, 0.3) is 0 Å². The molecule has 1 atom stereocenters. The van der Waals surface area contributed by atoms with Crippen molar-refractivity contribution in [3.8, 4) is 0 Å². The van der Waals surface area contributed by atoms with Gasteiger partial charge in [0.1, 0.15) is 5.25 Å². The summed E-state index contributed by atoms with van der Waals surface area (Å²) in [5, 5.41) is 0.964. The van der Waals surface area contributed by atoms with Crippen LogP contribution < -0.4 is 0 Å². The van der Waals surface area contributed by atoms with Crippen LogP contribution in [0.15, 0.2) is 48.7 Å². The van der Waals surface area contributed by atoms with E-state index in [0.717, 1.165) is 10.9 Å². The van der Waals surface area contributed by atoms with E-state index in [0.29, 0.717) is 17.0 Å². The summed E-state index contributed by atoms with van der Waals surface area (Å²) < 4.78 is 26.9. The lowest BCUT2D eigenvalue weighted by Crippen LogP contribution is -2.25. The molecule has 3 nitrogen and oxygen atoms in total. The van der Waals surface area contributed by atoms with Crippen molar-refractivity contribution in [3.05, 3.63) is 59.3 Å². The topological polar surface area (TPSA) is 39.1 Å². The van der Waals surface area contributed by atoms with E-state index in [1.807, 2.05) is 19.1 Å². The minimum atomic E-state index is -3.45. The Morgan fingerprint density at radius 2 is 2.10 bits per heavy atom. The normalized spacial score (nSPS) is 18.8. The Bertz CT molecular complexity index is 831. The first kappa shape index (κ1) is 13.5. The molecule has 0 bridgehead atoms. The summed E-state index contributed by atoms with van der Waals surface area (Å²) in [6, 6.07) is 5.27. The number of fused-ring (bicyclic) bond motifs is 1. The van der Waals surface area contributed by atoms with Crippen LogP contribution in [-0.4, -0.2) is 17.6 Å². The fraction of sp³-hybridized carbons (Fsp3) is 0.200. The zero-order chi connectivity index (χ0) is 14.3. The summed E-state index contributed by atoms with van der Waals surface area (Å²) in [7, 11) is -3.45. The van der Waals surface area contributed by atoms with Crippen LogP contribution in [0.2, 0.25) is 5.02 Å². The standard InChI is InChI=1S/C15H14ClNO2S/c1-11-10-17(15-8-7-12(16)9-14(11)15)20(18,19)13-5-3-2-4-6-13/h2-5,7-10,13H,6H2,1H3. The number of halogens is 1. The minimum Gasteiger partial charge on any atom is -0.244 e. The quantitative estimate of drug-likeness (QED) is 0.849. The van der Waals surface area contributed by atoms with Crippen molar-refractivity contribution in [2.75, 3.05) is 0 Å². The van der Waals surface area contributed by atoms with Crippen molar-refractivity contribution in [1.82, 2.24) is 3.97 Å². The first-order valence-corrected chi connectivity index (χ1v) is 8.23. The Kier molecular flexibility index (Phi) is 3.22. The molecule has 1 aromatic heterocycles. The highest BCUT2D eigenvalue weighted by Crippen LogP contribution is 2.28. The number of rotatable bonds is 2. The second-order valence-corrected chi connectivity index (χ2v) is 7.37. The van der Waals surface area contributed by atoms with Gasteiger partial charge in [-0.1, -0.05) is 35.9 Å². The summed E-state index contributed by atoms with van der Waals surface area (Å²) in [6.45, 7) is 1.89. The molecule has 1 aliphatic rings. The minimum absolute atomic E-state index is 0.505. The highest BCUT2D eigenvalue weighted by molar-refractivity contribution is 7.90. The van der Waals surface area contributed by atoms with Crippen molar-refractivity contribution in [2.45, 2.75) is 18.6 Å². The Morgan fingerprint density at radius 1 is 1.30 bits per heavy atom. The molecule has 1 aliphatic carbocycles. The van der Waals surface area contributed by atoms with Crippen LogP contribution in [0.4, 0.5) is 0 Å². The Balaban J connectivity index is 2.19. The number of hydrogen-bond acceptors (Lipinski definition) is 2. The molecule has 0 N–H and O–H groups in total. The molecule has 1 unspecified atom stereocenters. The number of aromatic nitrogens is 1. The van der Waals surface area contributed by atoms with E-state index in [1.165, 1.54) is 3.97 Å². The lowest BCUT2D eigenvalue weighted by molar-refractivity contribution is 0.580. The second kappa shape index (κ2) is 4.79. The van der Waals surface area contributed by atoms with E-state index in [9.17, 15) is 8.42 Å². The van der Waals surface area contributed by atoms with Gasteiger partial charge in [-0.25, -0.2) is 12.4 Å². The SMILES string of the molecule is Cc1cn(S(=O)(=O)C2C=CC=CC2)c2ccc(Cl)cc12. The summed E-state index contributed by atoms with van der Waals surface area (Å²) in [4.78, 5) is 0. The lowest BCUT2D eigenvalue weighted by Gasteiger charge is -2.16. The summed E-state index contributed by atoms with van der Waals surface area (Å²) in [5.41, 5.74) is 1.58. The van der Waals surface area contributed by atoms with Gasteiger partial charge in [0.15, 0.2) is 0 Å². The zero-order valence-electron chi connectivity index (χ0n) is 11.0. The molecule has 1 aromatic carbocycles. The van der Waals surface area contributed by atoms with Crippen LogP contribution in [0.3, 0.4) is 0 Å². The second-order valence-electron chi connectivity index (χ2n) is 4.90. The molecule has 104 valence electrons. The van der Waals surface area contributed by atoms with Gasteiger partial charge in [0.2, 0.25) is 10.0 Å². The number of aryl methyl sites for hydroxylation is 1. The molecule has 0 radical (unpaired) electrons. The molecule has 0 saturated carbocycles. The maximum atomic E-state index is 12.7. The highest BCUT2D eigenvalue weighted by Gasteiger charge is 2.26. The predicted molar refractivity (Wildman–Crippen MR) is 82.7 cm³/mol. The predicted octanol–water partition coefficient (Wildman–Crippen LogP) is 3.67. The van der Waals surface area contributed by atoms with Gasteiger partial charge in [-0.2, -0.15) is 0 Å². The Morgan fingerprint density at radius 3 is 2.80 bits per heavy atom. The monoisotopic (exact) mass is 307 g/mol. The number of allylic oxidation sites excluding steroid dienone is 3. The Hall–Kier alpha value is -1.52. The third-order valence-corrected chi connectivity index (χ3v) is 5.73. The van der Waals surface area contributed by atoms with Crippen LogP contribution in [0.25, 0.3) is 10.9 Å². The maximum Gasteiger partial charge on any atom is 0.245 e. The number of hydrogen-bond donors (Lipinski definition) is 0. The van der Waals surface area contributed by atoms with Crippen LogP contribution >= 0.6 is 11.6 Å². The largest absolute Gasteiger partial charge is 0.245 e. The number of benzene rings is 1. The average molecular weight is 308 g/mol. The molecule has 0 fully saturated rings. The van der Waals surface area contributed by atoms with Gasteiger partial charge < -0.3 is 0 Å². The van der Waals surface area contributed by atoms with Crippen LogP contribution in [-0.2, 0) is 10.0 Å². The molecule has 0 spiro atoms. The smallest absolute Gasteiger partial charge is 0.244 e. The fourth-order valence-electron chi connectivity index (χ4n) is 2.47. The average Bonchev–Trinajstić information content (AvgIpc) is 2.77. The first-order chi connectivity index (χ1) is 9.50. The van der Waals surface area contributed by atoms with Gasteiger partial charge in [0.05, 0.1) is 5.52 Å². The summed E-state index contributed by atoms with van der Waals surface area (Å²) in [5.74, 6) is 0. The molecule has 3 rings (SSSR count). The third-order valence-electron chi connectivity index (χ3n) is 3.53. The van der Waals surface area contributed by atoms with Crippen molar-refractivity contribution >= 4 is 32.5 Å². The molecule has 1 heterocycles. The highest BCUT2D eigenvalue weighted by atomic mass is 35.5. The van der Waals surface area contributed by atoms with E-state index in [1.54, 1.807) is 36.5 Å². The molecular formula is C15H14ClNO2S. The van der Waals surface area contributed by atoms with E-state index >= 15 is 0 Å². The lowest BCUT2D eigenvalue weighted by atomic mass is 10.2. The molecule has 0 amide bonds. The van der Waals surface area contributed by atoms with Crippen LogP contribution in [0.1, 0.15) is 12.0 Å². The summed E-state index contributed by atoms with van der Waals surface area (Å²) in [6.07, 6.45) is 9.42. The summed E-state index contributed by atoms with van der Waals surface area (Å²) >= 11 is 5.98. The molecule has 5 heteroatoms. The van der Waals surface area contributed by atoms with Gasteiger partial charge in [0, 0.05) is 16.6 Å². The van der Waals surface area contributed by atoms with E-state index < -0.39 is 15.3 Å².